The zero-order valence-corrected chi connectivity index (χ0v) is 14.3. The molecule has 1 fully saturated rings. The highest BCUT2D eigenvalue weighted by Crippen LogP contribution is 2.35. The minimum absolute atomic E-state index is 0.0474. The molecular formula is C17H20N2O3S. The van der Waals surface area contributed by atoms with Gasteiger partial charge >= 0.3 is 0 Å². The second-order valence-electron chi connectivity index (χ2n) is 5.69. The molecule has 122 valence electrons. The molecule has 0 radical (unpaired) electrons. The lowest BCUT2D eigenvalue weighted by Gasteiger charge is -2.23. The molecule has 1 atom stereocenters. The minimum Gasteiger partial charge on any atom is -0.497 e. The van der Waals surface area contributed by atoms with Crippen molar-refractivity contribution < 1.29 is 14.3 Å². The molecule has 2 amide bonds. The largest absolute Gasteiger partial charge is 0.497 e. The van der Waals surface area contributed by atoms with Crippen molar-refractivity contribution in [2.75, 3.05) is 20.7 Å². The lowest BCUT2D eigenvalue weighted by molar-refractivity contribution is -0.124. The number of fused-ring (bicyclic) bond motifs is 1. The van der Waals surface area contributed by atoms with E-state index in [1.165, 1.54) is 11.3 Å². The molecule has 1 aliphatic heterocycles. The highest BCUT2D eigenvalue weighted by atomic mass is 32.1. The summed E-state index contributed by atoms with van der Waals surface area (Å²) in [6.45, 7) is 2.59. The molecule has 0 unspecified atom stereocenters. The SMILES string of the molecule is CNC(=O)[C@H]1CCCN1C(=O)c1sc2ccc(OC)cc2c1C. The number of benzene rings is 1. The van der Waals surface area contributed by atoms with Crippen molar-refractivity contribution >= 4 is 33.2 Å². The number of nitrogens with zero attached hydrogens (tertiary/aromatic N) is 1. The van der Waals surface area contributed by atoms with Crippen molar-refractivity contribution in [3.05, 3.63) is 28.6 Å². The Balaban J connectivity index is 1.97. The number of methoxy groups -OCH3 is 1. The van der Waals surface area contributed by atoms with E-state index in [9.17, 15) is 9.59 Å². The molecule has 0 saturated carbocycles. The van der Waals surface area contributed by atoms with Gasteiger partial charge in [-0.25, -0.2) is 0 Å². The third kappa shape index (κ3) is 2.67. The van der Waals surface area contributed by atoms with Crippen LogP contribution in [0.5, 0.6) is 5.75 Å². The fourth-order valence-electron chi connectivity index (χ4n) is 3.11. The van der Waals surface area contributed by atoms with Crippen LogP contribution in [-0.4, -0.2) is 43.5 Å². The molecular weight excluding hydrogens is 312 g/mol. The standard InChI is InChI=1S/C17H20N2O3S/c1-10-12-9-11(22-3)6-7-14(12)23-15(10)17(21)19-8-4-5-13(19)16(20)18-2/h6-7,9,13H,4-5,8H2,1-3H3,(H,18,20)/t13-/m1/s1. The van der Waals surface area contributed by atoms with Gasteiger partial charge in [-0.2, -0.15) is 0 Å². The Kier molecular flexibility index (Phi) is 4.26. The zero-order chi connectivity index (χ0) is 16.6. The van der Waals surface area contributed by atoms with Gasteiger partial charge in [-0.1, -0.05) is 0 Å². The van der Waals surface area contributed by atoms with E-state index < -0.39 is 0 Å². The summed E-state index contributed by atoms with van der Waals surface area (Å²) in [5.74, 6) is 0.645. The fraction of sp³-hybridized carbons (Fsp3) is 0.412. The summed E-state index contributed by atoms with van der Waals surface area (Å²) in [6, 6.07) is 5.48. The quantitative estimate of drug-likeness (QED) is 0.940. The molecule has 3 rings (SSSR count). The van der Waals surface area contributed by atoms with Crippen LogP contribution < -0.4 is 10.1 Å². The van der Waals surface area contributed by atoms with E-state index in [1.54, 1.807) is 19.1 Å². The van der Waals surface area contributed by atoms with Gasteiger partial charge < -0.3 is 15.0 Å². The van der Waals surface area contributed by atoms with E-state index >= 15 is 0 Å². The van der Waals surface area contributed by atoms with Crippen molar-refractivity contribution in [2.45, 2.75) is 25.8 Å². The fourth-order valence-corrected chi connectivity index (χ4v) is 4.26. The van der Waals surface area contributed by atoms with E-state index in [0.29, 0.717) is 11.4 Å². The van der Waals surface area contributed by atoms with Crippen molar-refractivity contribution in [2.24, 2.45) is 0 Å². The van der Waals surface area contributed by atoms with Crippen LogP contribution in [0.1, 0.15) is 28.1 Å². The Morgan fingerprint density at radius 3 is 2.87 bits per heavy atom. The number of rotatable bonds is 3. The van der Waals surface area contributed by atoms with Crippen molar-refractivity contribution in [1.82, 2.24) is 10.2 Å². The number of carbonyl (C=O) groups excluding carboxylic acids is 2. The summed E-state index contributed by atoms with van der Waals surface area (Å²) in [4.78, 5) is 27.3. The molecule has 6 heteroatoms. The topological polar surface area (TPSA) is 58.6 Å². The average molecular weight is 332 g/mol. The molecule has 0 spiro atoms. The maximum absolute atomic E-state index is 12.9. The monoisotopic (exact) mass is 332 g/mol. The number of likely N-dealkylation sites (N-methyl/N-ethyl adjacent to an activating group) is 1. The van der Waals surface area contributed by atoms with Gasteiger partial charge in [0.1, 0.15) is 11.8 Å². The molecule has 2 heterocycles. The molecule has 1 saturated heterocycles. The highest BCUT2D eigenvalue weighted by Gasteiger charge is 2.35. The summed E-state index contributed by atoms with van der Waals surface area (Å²) < 4.78 is 6.32. The second-order valence-corrected chi connectivity index (χ2v) is 6.74. The van der Waals surface area contributed by atoms with Gasteiger partial charge in [0.2, 0.25) is 5.91 Å². The smallest absolute Gasteiger partial charge is 0.264 e. The molecule has 0 aliphatic carbocycles. The molecule has 5 nitrogen and oxygen atoms in total. The summed E-state index contributed by atoms with van der Waals surface area (Å²) in [5.41, 5.74) is 0.955. The molecule has 0 bridgehead atoms. The van der Waals surface area contributed by atoms with Gasteiger partial charge in [0, 0.05) is 18.3 Å². The van der Waals surface area contributed by atoms with E-state index in [-0.39, 0.29) is 17.9 Å². The lowest BCUT2D eigenvalue weighted by atomic mass is 10.1. The number of hydrogen-bond acceptors (Lipinski definition) is 4. The van der Waals surface area contributed by atoms with Crippen LogP contribution >= 0.6 is 11.3 Å². The maximum atomic E-state index is 12.9. The first-order chi connectivity index (χ1) is 11.1. The average Bonchev–Trinajstić information content (AvgIpc) is 3.18. The summed E-state index contributed by atoms with van der Waals surface area (Å²) >= 11 is 1.48. The summed E-state index contributed by atoms with van der Waals surface area (Å²) in [6.07, 6.45) is 1.59. The number of amides is 2. The van der Waals surface area contributed by atoms with Gasteiger partial charge in [-0.05, 0) is 48.9 Å². The van der Waals surface area contributed by atoms with Gasteiger partial charge in [-0.15, -0.1) is 11.3 Å². The minimum atomic E-state index is -0.355. The molecule has 1 aliphatic rings. The van der Waals surface area contributed by atoms with Crippen molar-refractivity contribution in [3.8, 4) is 5.75 Å². The Hall–Kier alpha value is -2.08. The molecule has 23 heavy (non-hydrogen) atoms. The van der Waals surface area contributed by atoms with E-state index in [0.717, 1.165) is 34.2 Å². The lowest BCUT2D eigenvalue weighted by Crippen LogP contribution is -2.44. The molecule has 1 N–H and O–H groups in total. The Bertz CT molecular complexity index is 769. The Morgan fingerprint density at radius 1 is 1.39 bits per heavy atom. The molecule has 1 aromatic heterocycles. The van der Waals surface area contributed by atoms with Gasteiger partial charge in [0.25, 0.3) is 5.91 Å². The summed E-state index contributed by atoms with van der Waals surface area (Å²) in [7, 11) is 3.24. The van der Waals surface area contributed by atoms with Crippen molar-refractivity contribution in [3.63, 3.8) is 0 Å². The van der Waals surface area contributed by atoms with Crippen LogP contribution in [0.15, 0.2) is 18.2 Å². The van der Waals surface area contributed by atoms with E-state index in [2.05, 4.69) is 5.32 Å². The van der Waals surface area contributed by atoms with Crippen LogP contribution in [0, 0.1) is 6.92 Å². The van der Waals surface area contributed by atoms with Gasteiger partial charge in [0.15, 0.2) is 0 Å². The van der Waals surface area contributed by atoms with Crippen LogP contribution in [-0.2, 0) is 4.79 Å². The first-order valence-corrected chi connectivity index (χ1v) is 8.48. The third-order valence-electron chi connectivity index (χ3n) is 4.40. The number of ether oxygens (including phenoxy) is 1. The zero-order valence-electron chi connectivity index (χ0n) is 13.5. The van der Waals surface area contributed by atoms with E-state index in [4.69, 9.17) is 4.74 Å². The number of hydrogen-bond donors (Lipinski definition) is 1. The van der Waals surface area contributed by atoms with Crippen LogP contribution in [0.3, 0.4) is 0 Å². The van der Waals surface area contributed by atoms with Crippen LogP contribution in [0.2, 0.25) is 0 Å². The number of aryl methyl sites for hydroxylation is 1. The predicted molar refractivity (Wildman–Crippen MR) is 91.2 cm³/mol. The molecule has 1 aromatic carbocycles. The summed E-state index contributed by atoms with van der Waals surface area (Å²) in [5, 5.41) is 3.69. The normalized spacial score (nSPS) is 17.5. The first kappa shape index (κ1) is 15.8. The third-order valence-corrected chi connectivity index (χ3v) is 5.66. The Labute approximate surface area is 139 Å². The first-order valence-electron chi connectivity index (χ1n) is 7.66. The number of carbonyl (C=O) groups is 2. The number of likely N-dealkylation sites (tertiary alicyclic amines) is 1. The second kappa shape index (κ2) is 6.20. The number of thiophene rings is 1. The Morgan fingerprint density at radius 2 is 2.17 bits per heavy atom. The van der Waals surface area contributed by atoms with Gasteiger partial charge in [0.05, 0.1) is 12.0 Å². The highest BCUT2D eigenvalue weighted by molar-refractivity contribution is 7.21. The maximum Gasteiger partial charge on any atom is 0.264 e. The number of nitrogens with one attached hydrogen (secondary N) is 1. The van der Waals surface area contributed by atoms with Crippen molar-refractivity contribution in [1.29, 1.82) is 0 Å². The van der Waals surface area contributed by atoms with Crippen LogP contribution in [0.4, 0.5) is 0 Å². The van der Waals surface area contributed by atoms with Crippen LogP contribution in [0.25, 0.3) is 10.1 Å². The molecule has 2 aromatic rings. The van der Waals surface area contributed by atoms with Gasteiger partial charge in [-0.3, -0.25) is 9.59 Å². The predicted octanol–water partition coefficient (Wildman–Crippen LogP) is 2.57. The van der Waals surface area contributed by atoms with E-state index in [1.807, 2.05) is 25.1 Å².